The van der Waals surface area contributed by atoms with Crippen molar-refractivity contribution in [1.29, 1.82) is 0 Å². The number of nitrogens with one attached hydrogen (secondary N) is 1. The predicted molar refractivity (Wildman–Crippen MR) is 101 cm³/mol. The third-order valence-corrected chi connectivity index (χ3v) is 5.96. The second-order valence-corrected chi connectivity index (χ2v) is 7.84. The van der Waals surface area contributed by atoms with E-state index in [0.717, 1.165) is 53.7 Å². The molecule has 2 heterocycles. The van der Waals surface area contributed by atoms with Crippen LogP contribution in [-0.2, 0) is 12.6 Å². The number of fused-ring (bicyclic) bond motifs is 1. The average molecular weight is 409 g/mol. The van der Waals surface area contributed by atoms with Gasteiger partial charge in [-0.1, -0.05) is 31.0 Å². The van der Waals surface area contributed by atoms with Crippen molar-refractivity contribution >= 4 is 22.6 Å². The Morgan fingerprint density at radius 3 is 2.71 bits per heavy atom. The van der Waals surface area contributed by atoms with E-state index in [2.05, 4.69) is 27.1 Å². The zero-order valence-corrected chi connectivity index (χ0v) is 16.1. The molecule has 1 aliphatic carbocycles. The molecule has 148 valence electrons. The first-order valence-corrected chi connectivity index (χ1v) is 9.76. The van der Waals surface area contributed by atoms with Crippen molar-refractivity contribution < 1.29 is 13.2 Å². The number of H-pyrrole nitrogens is 1. The van der Waals surface area contributed by atoms with Gasteiger partial charge in [-0.25, -0.2) is 4.98 Å². The minimum atomic E-state index is -4.39. The summed E-state index contributed by atoms with van der Waals surface area (Å²) in [5.74, 6) is 0.843. The lowest BCUT2D eigenvalue weighted by molar-refractivity contribution is -0.137. The minimum Gasteiger partial charge on any atom is -0.343 e. The molecule has 0 spiro atoms. The van der Waals surface area contributed by atoms with Gasteiger partial charge in [-0.05, 0) is 48.8 Å². The van der Waals surface area contributed by atoms with E-state index in [1.54, 1.807) is 12.5 Å². The van der Waals surface area contributed by atoms with Crippen LogP contribution in [-0.4, -0.2) is 20.2 Å². The third kappa shape index (κ3) is 3.72. The number of aromatic nitrogens is 4. The van der Waals surface area contributed by atoms with Crippen LogP contribution in [0.3, 0.4) is 0 Å². The van der Waals surface area contributed by atoms with Crippen molar-refractivity contribution in [3.05, 3.63) is 52.6 Å². The van der Waals surface area contributed by atoms with Crippen LogP contribution < -0.4 is 0 Å². The fraction of sp³-hybridized carbons (Fsp3) is 0.450. The number of rotatable bonds is 6. The fourth-order valence-corrected chi connectivity index (χ4v) is 4.27. The predicted octanol–water partition coefficient (Wildman–Crippen LogP) is 5.79. The molecule has 8 heteroatoms. The summed E-state index contributed by atoms with van der Waals surface area (Å²) in [6.45, 7) is 2.09. The van der Waals surface area contributed by atoms with E-state index in [4.69, 9.17) is 11.6 Å². The first kappa shape index (κ1) is 19.2. The summed E-state index contributed by atoms with van der Waals surface area (Å²) in [6.07, 6.45) is 2.58. The number of aromatic amines is 1. The molecule has 28 heavy (non-hydrogen) atoms. The SMILES string of the molecule is CCC(Cc1ccc(C(F)(F)F)cc1Cl)C(c1nncc2[nH]cnc12)C1CC1. The Morgan fingerprint density at radius 2 is 2.07 bits per heavy atom. The standard InChI is InChI=1S/C20H20ClF3N4/c1-2-11(7-13-5-6-14(8-15(13)21)20(22,23)24)17(12-3-4-12)19-18-16(9-27-28-19)25-10-26-18/h5-6,8-12,17H,2-4,7H2,1H3,(H,25,26). The maximum Gasteiger partial charge on any atom is 0.416 e. The number of nitrogens with zero attached hydrogens (tertiary/aromatic N) is 3. The van der Waals surface area contributed by atoms with Crippen LogP contribution in [0, 0.1) is 11.8 Å². The molecule has 0 radical (unpaired) electrons. The lowest BCUT2D eigenvalue weighted by Gasteiger charge is -2.26. The molecule has 1 aromatic carbocycles. The molecule has 1 saturated carbocycles. The molecule has 0 bridgehead atoms. The maximum absolute atomic E-state index is 12.9. The van der Waals surface area contributed by atoms with E-state index in [0.29, 0.717) is 12.3 Å². The van der Waals surface area contributed by atoms with Crippen LogP contribution in [0.1, 0.15) is 48.9 Å². The van der Waals surface area contributed by atoms with Gasteiger partial charge in [-0.3, -0.25) is 0 Å². The highest BCUT2D eigenvalue weighted by molar-refractivity contribution is 6.31. The largest absolute Gasteiger partial charge is 0.416 e. The van der Waals surface area contributed by atoms with Gasteiger partial charge < -0.3 is 4.98 Å². The molecule has 2 atom stereocenters. The highest BCUT2D eigenvalue weighted by Gasteiger charge is 2.39. The van der Waals surface area contributed by atoms with Crippen molar-refractivity contribution in [2.75, 3.05) is 0 Å². The van der Waals surface area contributed by atoms with E-state index in [1.807, 2.05) is 0 Å². The van der Waals surface area contributed by atoms with Crippen molar-refractivity contribution in [1.82, 2.24) is 20.2 Å². The van der Waals surface area contributed by atoms with Crippen LogP contribution >= 0.6 is 11.6 Å². The summed E-state index contributed by atoms with van der Waals surface area (Å²) in [6, 6.07) is 3.62. The number of benzene rings is 1. The van der Waals surface area contributed by atoms with Crippen molar-refractivity contribution in [2.24, 2.45) is 11.8 Å². The summed E-state index contributed by atoms with van der Waals surface area (Å²) in [7, 11) is 0. The van der Waals surface area contributed by atoms with Gasteiger partial charge in [0, 0.05) is 10.9 Å². The van der Waals surface area contributed by atoms with Crippen molar-refractivity contribution in [3.8, 4) is 0 Å². The smallest absolute Gasteiger partial charge is 0.343 e. The van der Waals surface area contributed by atoms with E-state index < -0.39 is 11.7 Å². The second kappa shape index (κ2) is 7.35. The normalized spacial score (nSPS) is 17.0. The summed E-state index contributed by atoms with van der Waals surface area (Å²) in [5.41, 5.74) is 2.55. The zero-order chi connectivity index (χ0) is 19.9. The maximum atomic E-state index is 12.9. The molecule has 3 aromatic rings. The Labute approximate surface area is 165 Å². The highest BCUT2D eigenvalue weighted by atomic mass is 35.5. The molecule has 2 unspecified atom stereocenters. The quantitative estimate of drug-likeness (QED) is 0.561. The lowest BCUT2D eigenvalue weighted by atomic mass is 9.79. The van der Waals surface area contributed by atoms with Crippen molar-refractivity contribution in [3.63, 3.8) is 0 Å². The first-order valence-electron chi connectivity index (χ1n) is 9.38. The number of alkyl halides is 3. The van der Waals surface area contributed by atoms with Gasteiger partial charge in [0.15, 0.2) is 0 Å². The molecule has 4 rings (SSSR count). The molecule has 0 amide bonds. The summed E-state index contributed by atoms with van der Waals surface area (Å²) in [5, 5.41) is 8.69. The van der Waals surface area contributed by atoms with Crippen LogP contribution in [0.4, 0.5) is 13.2 Å². The first-order chi connectivity index (χ1) is 13.4. The van der Waals surface area contributed by atoms with Gasteiger partial charge in [-0.2, -0.15) is 23.4 Å². The topological polar surface area (TPSA) is 54.5 Å². The van der Waals surface area contributed by atoms with E-state index in [-0.39, 0.29) is 16.9 Å². The van der Waals surface area contributed by atoms with E-state index >= 15 is 0 Å². The van der Waals surface area contributed by atoms with Gasteiger partial charge in [0.05, 0.1) is 29.3 Å². The number of hydrogen-bond donors (Lipinski definition) is 1. The Morgan fingerprint density at radius 1 is 1.29 bits per heavy atom. The van der Waals surface area contributed by atoms with Gasteiger partial charge in [0.25, 0.3) is 0 Å². The Hall–Kier alpha value is -2.15. The van der Waals surface area contributed by atoms with Crippen LogP contribution in [0.2, 0.25) is 5.02 Å². The number of halogens is 4. The van der Waals surface area contributed by atoms with E-state index in [9.17, 15) is 13.2 Å². The van der Waals surface area contributed by atoms with Gasteiger partial charge >= 0.3 is 6.18 Å². The zero-order valence-electron chi connectivity index (χ0n) is 15.3. The van der Waals surface area contributed by atoms with Gasteiger partial charge in [0.1, 0.15) is 5.52 Å². The molecular weight excluding hydrogens is 389 g/mol. The van der Waals surface area contributed by atoms with E-state index in [1.165, 1.54) is 6.07 Å². The Kier molecular flexibility index (Phi) is 5.04. The molecular formula is C20H20ClF3N4. The third-order valence-electron chi connectivity index (χ3n) is 5.60. The summed E-state index contributed by atoms with van der Waals surface area (Å²) < 4.78 is 38.8. The summed E-state index contributed by atoms with van der Waals surface area (Å²) >= 11 is 6.21. The van der Waals surface area contributed by atoms with Gasteiger partial charge in [0.2, 0.25) is 0 Å². The van der Waals surface area contributed by atoms with Gasteiger partial charge in [-0.15, -0.1) is 0 Å². The molecule has 0 aliphatic heterocycles. The highest BCUT2D eigenvalue weighted by Crippen LogP contribution is 2.49. The molecule has 1 aliphatic rings. The molecule has 0 saturated heterocycles. The monoisotopic (exact) mass is 408 g/mol. The fourth-order valence-electron chi connectivity index (χ4n) is 4.01. The Bertz CT molecular complexity index is 981. The van der Waals surface area contributed by atoms with Crippen LogP contribution in [0.25, 0.3) is 11.0 Å². The van der Waals surface area contributed by atoms with Crippen LogP contribution in [0.5, 0.6) is 0 Å². The molecule has 1 fully saturated rings. The number of imidazole rings is 1. The minimum absolute atomic E-state index is 0.155. The molecule has 1 N–H and O–H groups in total. The second-order valence-electron chi connectivity index (χ2n) is 7.43. The van der Waals surface area contributed by atoms with Crippen molar-refractivity contribution in [2.45, 2.75) is 44.7 Å². The van der Waals surface area contributed by atoms with Crippen LogP contribution in [0.15, 0.2) is 30.7 Å². The number of hydrogen-bond acceptors (Lipinski definition) is 3. The molecule has 4 nitrogen and oxygen atoms in total. The Balaban J connectivity index is 1.66. The molecule has 2 aromatic heterocycles. The lowest BCUT2D eigenvalue weighted by Crippen LogP contribution is -2.19. The summed E-state index contributed by atoms with van der Waals surface area (Å²) in [4.78, 5) is 7.49. The average Bonchev–Trinajstić information content (AvgIpc) is 3.36.